The van der Waals surface area contributed by atoms with Crippen molar-refractivity contribution >= 4 is 39.5 Å². The van der Waals surface area contributed by atoms with Crippen LogP contribution in [0.4, 0.5) is 11.4 Å². The van der Waals surface area contributed by atoms with Crippen molar-refractivity contribution in [1.82, 2.24) is 4.98 Å². The molecule has 5 heteroatoms. The lowest BCUT2D eigenvalue weighted by Gasteiger charge is -2.08. The predicted molar refractivity (Wildman–Crippen MR) is 113 cm³/mol. The number of anilines is 2. The van der Waals surface area contributed by atoms with Gasteiger partial charge in [0.25, 0.3) is 5.91 Å². The molecule has 4 aromatic rings. The smallest absolute Gasteiger partial charge is 0.265 e. The second-order valence-corrected chi connectivity index (χ2v) is 7.65. The quantitative estimate of drug-likeness (QED) is 0.504. The molecule has 0 saturated heterocycles. The zero-order valence-electron chi connectivity index (χ0n) is 15.1. The Kier molecular flexibility index (Phi) is 4.38. The maximum absolute atomic E-state index is 12.6. The number of aryl methyl sites for hydroxylation is 2. The lowest BCUT2D eigenvalue weighted by Crippen LogP contribution is -2.10. The van der Waals surface area contributed by atoms with E-state index in [0.29, 0.717) is 16.3 Å². The first-order valence-electron chi connectivity index (χ1n) is 8.65. The first-order valence-corrected chi connectivity index (χ1v) is 9.46. The fourth-order valence-corrected chi connectivity index (χ4v) is 3.90. The topological polar surface area (TPSA) is 68.0 Å². The molecule has 2 aromatic heterocycles. The molecule has 1 amide bonds. The zero-order chi connectivity index (χ0) is 19.0. The van der Waals surface area contributed by atoms with Crippen molar-refractivity contribution in [2.45, 2.75) is 13.8 Å². The van der Waals surface area contributed by atoms with E-state index in [-0.39, 0.29) is 5.91 Å². The minimum Gasteiger partial charge on any atom is -0.398 e. The number of fused-ring (bicyclic) bond motifs is 1. The highest BCUT2D eigenvalue weighted by molar-refractivity contribution is 7.17. The average molecular weight is 373 g/mol. The Bertz CT molecular complexity index is 1150. The van der Waals surface area contributed by atoms with Gasteiger partial charge in [-0.05, 0) is 55.8 Å². The standard InChI is InChI=1S/C22H19N3OS/c1-13-3-5-15(6-4-13)20-9-10-21(27-20)22(26)25-16-7-8-19-17(12-16)18(23)11-14(2)24-19/h3-12H,1-2H3,(H2,23,24)(H,25,26). The number of aromatic nitrogens is 1. The molecule has 2 heterocycles. The highest BCUT2D eigenvalue weighted by Crippen LogP contribution is 2.29. The van der Waals surface area contributed by atoms with Gasteiger partial charge < -0.3 is 11.1 Å². The van der Waals surface area contributed by atoms with Crippen LogP contribution in [0.25, 0.3) is 21.3 Å². The molecule has 0 fully saturated rings. The van der Waals surface area contributed by atoms with Crippen molar-refractivity contribution in [1.29, 1.82) is 0 Å². The minimum atomic E-state index is -0.128. The third-order valence-corrected chi connectivity index (χ3v) is 5.53. The van der Waals surface area contributed by atoms with E-state index >= 15 is 0 Å². The number of amides is 1. The number of rotatable bonds is 3. The van der Waals surface area contributed by atoms with Crippen LogP contribution in [0.3, 0.4) is 0 Å². The first-order chi connectivity index (χ1) is 13.0. The van der Waals surface area contributed by atoms with E-state index in [0.717, 1.165) is 27.0 Å². The summed E-state index contributed by atoms with van der Waals surface area (Å²) in [4.78, 5) is 18.8. The molecule has 0 bridgehead atoms. The van der Waals surface area contributed by atoms with Gasteiger partial charge in [-0.15, -0.1) is 11.3 Å². The number of carbonyl (C=O) groups excluding carboxylic acids is 1. The third-order valence-electron chi connectivity index (χ3n) is 4.39. The van der Waals surface area contributed by atoms with Gasteiger partial charge in [0.15, 0.2) is 0 Å². The summed E-state index contributed by atoms with van der Waals surface area (Å²) in [5.41, 5.74) is 11.5. The Balaban J connectivity index is 1.57. The molecule has 0 saturated carbocycles. The summed E-state index contributed by atoms with van der Waals surface area (Å²) < 4.78 is 0. The second kappa shape index (κ2) is 6.85. The monoisotopic (exact) mass is 373 g/mol. The fraction of sp³-hybridized carbons (Fsp3) is 0.0909. The fourth-order valence-electron chi connectivity index (χ4n) is 2.99. The molecule has 4 nitrogen and oxygen atoms in total. The number of pyridine rings is 1. The van der Waals surface area contributed by atoms with Crippen molar-refractivity contribution in [3.05, 3.63) is 76.8 Å². The highest BCUT2D eigenvalue weighted by Gasteiger charge is 2.12. The summed E-state index contributed by atoms with van der Waals surface area (Å²) in [6, 6.07) is 19.6. The van der Waals surface area contributed by atoms with Crippen LogP contribution >= 0.6 is 11.3 Å². The van der Waals surface area contributed by atoms with Gasteiger partial charge in [0.05, 0.1) is 10.4 Å². The van der Waals surface area contributed by atoms with Crippen LogP contribution in [0.5, 0.6) is 0 Å². The SMILES string of the molecule is Cc1ccc(-c2ccc(C(=O)Nc3ccc4nc(C)cc(N)c4c3)s2)cc1. The summed E-state index contributed by atoms with van der Waals surface area (Å²) in [5, 5.41) is 3.79. The normalized spacial score (nSPS) is 10.9. The largest absolute Gasteiger partial charge is 0.398 e. The van der Waals surface area contributed by atoms with Crippen LogP contribution in [0.2, 0.25) is 0 Å². The van der Waals surface area contributed by atoms with Crippen molar-refractivity contribution in [2.24, 2.45) is 0 Å². The molecule has 0 unspecified atom stereocenters. The van der Waals surface area contributed by atoms with Crippen LogP contribution in [0.1, 0.15) is 20.9 Å². The second-order valence-electron chi connectivity index (χ2n) is 6.57. The first kappa shape index (κ1) is 17.2. The van der Waals surface area contributed by atoms with Crippen molar-refractivity contribution in [2.75, 3.05) is 11.1 Å². The molecule has 4 rings (SSSR count). The van der Waals surface area contributed by atoms with Gasteiger partial charge in [0.2, 0.25) is 0 Å². The predicted octanol–water partition coefficient (Wildman–Crippen LogP) is 5.41. The van der Waals surface area contributed by atoms with E-state index < -0.39 is 0 Å². The molecule has 0 atom stereocenters. The molecular weight excluding hydrogens is 354 g/mol. The lowest BCUT2D eigenvalue weighted by atomic mass is 10.1. The summed E-state index contributed by atoms with van der Waals surface area (Å²) in [5.74, 6) is -0.128. The van der Waals surface area contributed by atoms with Crippen LogP contribution < -0.4 is 11.1 Å². The molecule has 2 aromatic carbocycles. The Morgan fingerprint density at radius 1 is 1.00 bits per heavy atom. The van der Waals surface area contributed by atoms with Gasteiger partial charge in [0, 0.05) is 27.3 Å². The van der Waals surface area contributed by atoms with Crippen LogP contribution in [-0.2, 0) is 0 Å². The van der Waals surface area contributed by atoms with E-state index in [1.807, 2.05) is 43.3 Å². The number of hydrogen-bond acceptors (Lipinski definition) is 4. The number of carbonyl (C=O) groups is 1. The molecular formula is C22H19N3OS. The number of nitrogens with two attached hydrogens (primary N) is 1. The summed E-state index contributed by atoms with van der Waals surface area (Å²) in [6.45, 7) is 3.97. The van der Waals surface area contributed by atoms with E-state index in [1.165, 1.54) is 16.9 Å². The van der Waals surface area contributed by atoms with Gasteiger partial charge in [-0.2, -0.15) is 0 Å². The minimum absolute atomic E-state index is 0.128. The Labute approximate surface area is 161 Å². The third kappa shape index (κ3) is 3.55. The summed E-state index contributed by atoms with van der Waals surface area (Å²) in [6.07, 6.45) is 0. The maximum Gasteiger partial charge on any atom is 0.265 e. The van der Waals surface area contributed by atoms with Gasteiger partial charge in [-0.25, -0.2) is 0 Å². The number of hydrogen-bond donors (Lipinski definition) is 2. The van der Waals surface area contributed by atoms with E-state index in [1.54, 1.807) is 0 Å². The molecule has 134 valence electrons. The van der Waals surface area contributed by atoms with Gasteiger partial charge in [-0.1, -0.05) is 29.8 Å². The van der Waals surface area contributed by atoms with Crippen LogP contribution in [-0.4, -0.2) is 10.9 Å². The number of benzene rings is 2. The molecule has 0 aliphatic rings. The van der Waals surface area contributed by atoms with Crippen molar-refractivity contribution in [3.63, 3.8) is 0 Å². The van der Waals surface area contributed by atoms with Gasteiger partial charge in [0.1, 0.15) is 0 Å². The number of nitrogens with one attached hydrogen (secondary N) is 1. The van der Waals surface area contributed by atoms with E-state index in [2.05, 4.69) is 41.5 Å². The van der Waals surface area contributed by atoms with Crippen LogP contribution in [0, 0.1) is 13.8 Å². The number of nitrogens with zero attached hydrogens (tertiary/aromatic N) is 1. The van der Waals surface area contributed by atoms with E-state index in [4.69, 9.17) is 5.73 Å². The van der Waals surface area contributed by atoms with Crippen LogP contribution in [0.15, 0.2) is 60.7 Å². The molecule has 3 N–H and O–H groups in total. The van der Waals surface area contributed by atoms with Gasteiger partial charge in [-0.3, -0.25) is 9.78 Å². The highest BCUT2D eigenvalue weighted by atomic mass is 32.1. The summed E-state index contributed by atoms with van der Waals surface area (Å²) in [7, 11) is 0. The maximum atomic E-state index is 12.6. The molecule has 0 spiro atoms. The molecule has 0 radical (unpaired) electrons. The van der Waals surface area contributed by atoms with E-state index in [9.17, 15) is 4.79 Å². The van der Waals surface area contributed by atoms with Gasteiger partial charge >= 0.3 is 0 Å². The molecule has 0 aliphatic heterocycles. The zero-order valence-corrected chi connectivity index (χ0v) is 15.9. The van der Waals surface area contributed by atoms with Crippen molar-refractivity contribution in [3.8, 4) is 10.4 Å². The number of nitrogen functional groups attached to an aromatic ring is 1. The molecule has 0 aliphatic carbocycles. The molecule has 27 heavy (non-hydrogen) atoms. The Hall–Kier alpha value is -3.18. The Morgan fingerprint density at radius 2 is 1.78 bits per heavy atom. The summed E-state index contributed by atoms with van der Waals surface area (Å²) >= 11 is 1.48. The Morgan fingerprint density at radius 3 is 2.56 bits per heavy atom. The van der Waals surface area contributed by atoms with Crippen molar-refractivity contribution < 1.29 is 4.79 Å². The lowest BCUT2D eigenvalue weighted by molar-refractivity contribution is 0.103. The number of thiophene rings is 1. The average Bonchev–Trinajstić information content (AvgIpc) is 3.13.